The Morgan fingerprint density at radius 3 is 2.58 bits per heavy atom. The van der Waals surface area contributed by atoms with E-state index in [1.807, 2.05) is 6.07 Å². The molecule has 94 valence electrons. The van der Waals surface area contributed by atoms with E-state index < -0.39 is 0 Å². The van der Waals surface area contributed by atoms with Gasteiger partial charge in [-0.05, 0) is 30.3 Å². The third-order valence-corrected chi connectivity index (χ3v) is 3.21. The molecule has 3 rings (SSSR count). The fourth-order valence-corrected chi connectivity index (χ4v) is 2.24. The van der Waals surface area contributed by atoms with E-state index in [1.54, 1.807) is 36.4 Å². The van der Waals surface area contributed by atoms with E-state index in [0.29, 0.717) is 22.0 Å². The molecule has 0 saturated heterocycles. The number of aromatic nitrogens is 1. The molecule has 0 fully saturated rings. The van der Waals surface area contributed by atoms with E-state index >= 15 is 0 Å². The highest BCUT2D eigenvalue weighted by Crippen LogP contribution is 2.30. The Morgan fingerprint density at radius 1 is 1.00 bits per heavy atom. The Morgan fingerprint density at radius 2 is 1.79 bits per heavy atom. The van der Waals surface area contributed by atoms with Crippen LogP contribution in [0.4, 0.5) is 10.2 Å². The van der Waals surface area contributed by atoms with Crippen LogP contribution in [0.25, 0.3) is 22.0 Å². The van der Waals surface area contributed by atoms with Crippen LogP contribution in [0, 0.1) is 5.82 Å². The molecule has 2 nitrogen and oxygen atoms in total. The fourth-order valence-electron chi connectivity index (χ4n) is 2.06. The maximum atomic E-state index is 13.8. The minimum atomic E-state index is -0.322. The maximum absolute atomic E-state index is 13.8. The number of anilines is 1. The molecule has 0 aliphatic heterocycles. The van der Waals surface area contributed by atoms with Crippen molar-refractivity contribution in [2.45, 2.75) is 0 Å². The molecule has 0 saturated carbocycles. The van der Waals surface area contributed by atoms with Gasteiger partial charge in [-0.25, -0.2) is 9.37 Å². The zero-order valence-electron chi connectivity index (χ0n) is 9.90. The molecule has 0 unspecified atom stereocenters. The summed E-state index contributed by atoms with van der Waals surface area (Å²) in [5, 5.41) is 1.44. The van der Waals surface area contributed by atoms with E-state index in [-0.39, 0.29) is 5.82 Å². The summed E-state index contributed by atoms with van der Waals surface area (Å²) < 4.78 is 13.8. The van der Waals surface area contributed by atoms with Gasteiger partial charge >= 0.3 is 0 Å². The Bertz CT molecular complexity index is 771. The van der Waals surface area contributed by atoms with Gasteiger partial charge in [0.15, 0.2) is 0 Å². The summed E-state index contributed by atoms with van der Waals surface area (Å²) in [6, 6.07) is 13.6. The highest BCUT2D eigenvalue weighted by Gasteiger charge is 2.10. The molecule has 1 heterocycles. The number of nitrogen functional groups attached to an aromatic ring is 1. The zero-order valence-corrected chi connectivity index (χ0v) is 10.7. The van der Waals surface area contributed by atoms with E-state index in [9.17, 15) is 4.39 Å². The molecule has 1 aromatic heterocycles. The molecule has 3 aromatic rings. The Balaban J connectivity index is 2.30. The van der Waals surface area contributed by atoms with Crippen molar-refractivity contribution in [2.24, 2.45) is 0 Å². The van der Waals surface area contributed by atoms with Crippen LogP contribution in [0.3, 0.4) is 0 Å². The van der Waals surface area contributed by atoms with Crippen molar-refractivity contribution >= 4 is 28.3 Å². The number of fused-ring (bicyclic) bond motifs is 1. The summed E-state index contributed by atoms with van der Waals surface area (Å²) in [5.74, 6) is -0.0164. The number of nitrogens with two attached hydrogens (primary N) is 1. The molecular formula is C15H10ClFN2. The van der Waals surface area contributed by atoms with Gasteiger partial charge in [-0.15, -0.1) is 0 Å². The van der Waals surface area contributed by atoms with Crippen LogP contribution < -0.4 is 5.73 Å². The van der Waals surface area contributed by atoms with Gasteiger partial charge in [0, 0.05) is 21.5 Å². The van der Waals surface area contributed by atoms with Crippen LogP contribution in [-0.4, -0.2) is 4.98 Å². The maximum Gasteiger partial charge on any atom is 0.132 e. The Labute approximate surface area is 114 Å². The Kier molecular flexibility index (Phi) is 2.84. The van der Waals surface area contributed by atoms with Crippen LogP contribution in [0.15, 0.2) is 48.5 Å². The van der Waals surface area contributed by atoms with Crippen LogP contribution in [-0.2, 0) is 0 Å². The van der Waals surface area contributed by atoms with Crippen LogP contribution >= 0.6 is 11.6 Å². The third kappa shape index (κ3) is 2.13. The molecule has 0 atom stereocenters. The summed E-state index contributed by atoms with van der Waals surface area (Å²) in [6.07, 6.45) is 0. The number of hydrogen-bond donors (Lipinski definition) is 1. The minimum Gasteiger partial charge on any atom is -0.383 e. The first kappa shape index (κ1) is 11.9. The lowest BCUT2D eigenvalue weighted by molar-refractivity contribution is 0.631. The quantitative estimate of drug-likeness (QED) is 0.718. The predicted octanol–water partition coefficient (Wildman–Crippen LogP) is 4.28. The first-order valence-electron chi connectivity index (χ1n) is 5.76. The van der Waals surface area contributed by atoms with Crippen molar-refractivity contribution in [3.63, 3.8) is 0 Å². The van der Waals surface area contributed by atoms with Crippen LogP contribution in [0.5, 0.6) is 0 Å². The summed E-state index contributed by atoms with van der Waals surface area (Å²) in [7, 11) is 0. The van der Waals surface area contributed by atoms with Gasteiger partial charge in [0.05, 0.1) is 5.52 Å². The van der Waals surface area contributed by atoms with Crippen LogP contribution in [0.2, 0.25) is 5.02 Å². The summed E-state index contributed by atoms with van der Waals surface area (Å²) in [6.45, 7) is 0. The van der Waals surface area contributed by atoms with Gasteiger partial charge in [0.25, 0.3) is 0 Å². The second-order valence-electron chi connectivity index (χ2n) is 4.24. The van der Waals surface area contributed by atoms with E-state index in [1.165, 1.54) is 6.07 Å². The summed E-state index contributed by atoms with van der Waals surface area (Å²) in [4.78, 5) is 4.29. The van der Waals surface area contributed by atoms with Gasteiger partial charge in [-0.1, -0.05) is 29.8 Å². The molecule has 2 N–H and O–H groups in total. The lowest BCUT2D eigenvalue weighted by atomic mass is 10.0. The molecule has 0 spiro atoms. The largest absolute Gasteiger partial charge is 0.383 e. The molecule has 0 aliphatic rings. The number of rotatable bonds is 1. The lowest BCUT2D eigenvalue weighted by Crippen LogP contribution is -1.96. The third-order valence-electron chi connectivity index (χ3n) is 2.97. The number of halogens is 2. The molecule has 0 radical (unpaired) electrons. The molecule has 4 heteroatoms. The number of pyridine rings is 1. The second-order valence-corrected chi connectivity index (χ2v) is 4.67. The number of benzene rings is 2. The van der Waals surface area contributed by atoms with Crippen molar-refractivity contribution in [3.8, 4) is 11.1 Å². The van der Waals surface area contributed by atoms with Gasteiger partial charge in [-0.3, -0.25) is 0 Å². The molecule has 19 heavy (non-hydrogen) atoms. The second kappa shape index (κ2) is 4.52. The monoisotopic (exact) mass is 272 g/mol. The number of nitrogens with zero attached hydrogens (tertiary/aromatic N) is 1. The van der Waals surface area contributed by atoms with Gasteiger partial charge in [0.2, 0.25) is 0 Å². The van der Waals surface area contributed by atoms with Crippen molar-refractivity contribution in [1.82, 2.24) is 4.98 Å². The average Bonchev–Trinajstić information content (AvgIpc) is 2.39. The predicted molar refractivity (Wildman–Crippen MR) is 76.6 cm³/mol. The topological polar surface area (TPSA) is 38.9 Å². The van der Waals surface area contributed by atoms with Crippen molar-refractivity contribution in [2.75, 3.05) is 5.73 Å². The highest BCUT2D eigenvalue weighted by molar-refractivity contribution is 6.31. The molecular weight excluding hydrogens is 263 g/mol. The SMILES string of the molecule is Nc1nc2ccc(Cl)cc2cc1-c1ccccc1F. The minimum absolute atomic E-state index is 0.305. The smallest absolute Gasteiger partial charge is 0.132 e. The molecule has 0 bridgehead atoms. The summed E-state index contributed by atoms with van der Waals surface area (Å²) >= 11 is 5.95. The van der Waals surface area contributed by atoms with E-state index in [4.69, 9.17) is 17.3 Å². The summed E-state index contributed by atoms with van der Waals surface area (Å²) in [5.41, 5.74) is 7.67. The van der Waals surface area contributed by atoms with Gasteiger partial charge in [-0.2, -0.15) is 0 Å². The zero-order chi connectivity index (χ0) is 13.4. The van der Waals surface area contributed by atoms with Crippen LogP contribution in [0.1, 0.15) is 0 Å². The lowest BCUT2D eigenvalue weighted by Gasteiger charge is -2.08. The van der Waals surface area contributed by atoms with Crippen molar-refractivity contribution in [3.05, 3.63) is 59.4 Å². The highest BCUT2D eigenvalue weighted by atomic mass is 35.5. The van der Waals surface area contributed by atoms with Crippen molar-refractivity contribution in [1.29, 1.82) is 0 Å². The normalized spacial score (nSPS) is 10.8. The fraction of sp³-hybridized carbons (Fsp3) is 0. The molecule has 0 amide bonds. The standard InChI is InChI=1S/C15H10ClFN2/c16-10-5-6-14-9(7-10)8-12(15(18)19-14)11-3-1-2-4-13(11)17/h1-8H,(H2,18,19). The van der Waals surface area contributed by atoms with E-state index in [0.717, 1.165) is 10.9 Å². The average molecular weight is 273 g/mol. The van der Waals surface area contributed by atoms with E-state index in [2.05, 4.69) is 4.98 Å². The number of hydrogen-bond acceptors (Lipinski definition) is 2. The van der Waals surface area contributed by atoms with Gasteiger partial charge in [0.1, 0.15) is 11.6 Å². The van der Waals surface area contributed by atoms with Gasteiger partial charge < -0.3 is 5.73 Å². The molecule has 0 aliphatic carbocycles. The Hall–Kier alpha value is -2.13. The molecule has 2 aromatic carbocycles. The first-order chi connectivity index (χ1) is 9.15. The first-order valence-corrected chi connectivity index (χ1v) is 6.13. The van der Waals surface area contributed by atoms with Crippen molar-refractivity contribution < 1.29 is 4.39 Å².